The van der Waals surface area contributed by atoms with Crippen LogP contribution in [-0.2, 0) is 0 Å². The number of ether oxygens (including phenoxy) is 1. The molecule has 0 atom stereocenters. The average Bonchev–Trinajstić information content (AvgIpc) is 2.62. The normalized spacial score (nSPS) is 10.7. The molecule has 132 valence electrons. The van der Waals surface area contributed by atoms with Gasteiger partial charge in [0.05, 0.1) is 22.9 Å². The van der Waals surface area contributed by atoms with E-state index in [1.807, 2.05) is 19.9 Å². The number of hydrogen-bond donors (Lipinski definition) is 2. The fourth-order valence-electron chi connectivity index (χ4n) is 2.26. The number of H-pyrrole nitrogens is 1. The lowest BCUT2D eigenvalue weighted by atomic mass is 10.1. The van der Waals surface area contributed by atoms with E-state index in [0.717, 1.165) is 0 Å². The summed E-state index contributed by atoms with van der Waals surface area (Å²) < 4.78 is 23.0. The number of halogens is 1. The maximum absolute atomic E-state index is 14.3. The summed E-state index contributed by atoms with van der Waals surface area (Å²) in [4.78, 5) is 18.4. The number of nitrogens with one attached hydrogen (secondary N) is 2. The van der Waals surface area contributed by atoms with Gasteiger partial charge in [-0.3, -0.25) is 4.79 Å². The third-order valence-corrected chi connectivity index (χ3v) is 4.27. The highest BCUT2D eigenvalue weighted by molar-refractivity contribution is 8.01. The van der Waals surface area contributed by atoms with E-state index >= 15 is 0 Å². The molecule has 8 heteroatoms. The van der Waals surface area contributed by atoms with Crippen LogP contribution in [-0.4, -0.2) is 15.2 Å². The first-order valence-electron chi connectivity index (χ1n) is 7.79. The van der Waals surface area contributed by atoms with Crippen LogP contribution in [0.25, 0.3) is 10.9 Å². The van der Waals surface area contributed by atoms with Crippen LogP contribution < -0.4 is 15.0 Å². The summed E-state index contributed by atoms with van der Waals surface area (Å²) in [6, 6.07) is 9.33. The van der Waals surface area contributed by atoms with E-state index in [0.29, 0.717) is 16.6 Å². The zero-order chi connectivity index (χ0) is 18.7. The highest BCUT2D eigenvalue weighted by atomic mass is 32.2. The molecular formula is C18H15FN4O2S. The third-order valence-electron chi connectivity index (χ3n) is 3.46. The number of anilines is 1. The van der Waals surface area contributed by atoms with Crippen molar-refractivity contribution in [3.05, 3.63) is 58.4 Å². The van der Waals surface area contributed by atoms with Crippen LogP contribution >= 0.6 is 11.9 Å². The Bertz CT molecular complexity index is 1060. The van der Waals surface area contributed by atoms with Gasteiger partial charge in [0, 0.05) is 5.25 Å². The molecule has 1 heterocycles. The van der Waals surface area contributed by atoms with Crippen molar-refractivity contribution in [3.63, 3.8) is 0 Å². The summed E-state index contributed by atoms with van der Waals surface area (Å²) in [6.07, 6.45) is 1.31. The van der Waals surface area contributed by atoms with Crippen LogP contribution in [0.2, 0.25) is 0 Å². The highest BCUT2D eigenvalue weighted by Crippen LogP contribution is 2.34. The molecule has 0 fully saturated rings. The molecule has 6 nitrogen and oxygen atoms in total. The quantitative estimate of drug-likeness (QED) is 0.654. The highest BCUT2D eigenvalue weighted by Gasteiger charge is 2.17. The monoisotopic (exact) mass is 370 g/mol. The SMILES string of the molecule is CC(C)SNc1ccc(F)c(Oc2ccc3nc[nH]c(=O)c3c2)c1C#N. The molecule has 0 aliphatic rings. The molecule has 3 rings (SSSR count). The van der Waals surface area contributed by atoms with Gasteiger partial charge in [-0.15, -0.1) is 0 Å². The van der Waals surface area contributed by atoms with E-state index in [9.17, 15) is 14.4 Å². The Morgan fingerprint density at radius 3 is 2.88 bits per heavy atom. The lowest BCUT2D eigenvalue weighted by Gasteiger charge is -2.14. The molecule has 26 heavy (non-hydrogen) atoms. The second-order valence-electron chi connectivity index (χ2n) is 5.69. The Morgan fingerprint density at radius 2 is 2.15 bits per heavy atom. The topological polar surface area (TPSA) is 90.8 Å². The first kappa shape index (κ1) is 17.8. The molecule has 3 aromatic rings. The summed E-state index contributed by atoms with van der Waals surface area (Å²) in [5.74, 6) is -0.622. The predicted molar refractivity (Wildman–Crippen MR) is 99.9 cm³/mol. The van der Waals surface area contributed by atoms with E-state index in [2.05, 4.69) is 14.7 Å². The maximum atomic E-state index is 14.3. The Balaban J connectivity index is 2.01. The average molecular weight is 370 g/mol. The Morgan fingerprint density at radius 1 is 1.35 bits per heavy atom. The molecular weight excluding hydrogens is 355 g/mol. The number of nitriles is 1. The van der Waals surface area contributed by atoms with Crippen molar-refractivity contribution in [1.82, 2.24) is 9.97 Å². The summed E-state index contributed by atoms with van der Waals surface area (Å²) in [5.41, 5.74) is 0.678. The fraction of sp³-hybridized carbons (Fsp3) is 0.167. The Kier molecular flexibility index (Phi) is 5.09. The number of aromatic amines is 1. The summed E-state index contributed by atoms with van der Waals surface area (Å²) >= 11 is 1.41. The minimum absolute atomic E-state index is 0.0540. The molecule has 1 aromatic heterocycles. The molecule has 0 radical (unpaired) electrons. The van der Waals surface area contributed by atoms with Crippen molar-refractivity contribution in [2.45, 2.75) is 19.1 Å². The van der Waals surface area contributed by atoms with Crippen LogP contribution in [0.1, 0.15) is 19.4 Å². The Hall–Kier alpha value is -3.05. The van der Waals surface area contributed by atoms with Gasteiger partial charge in [-0.1, -0.05) is 13.8 Å². The molecule has 0 bridgehead atoms. The van der Waals surface area contributed by atoms with Crippen LogP contribution in [0.15, 0.2) is 41.5 Å². The van der Waals surface area contributed by atoms with Crippen molar-refractivity contribution < 1.29 is 9.13 Å². The zero-order valence-corrected chi connectivity index (χ0v) is 14.9. The number of rotatable bonds is 5. The number of benzene rings is 2. The van der Waals surface area contributed by atoms with Crippen molar-refractivity contribution in [3.8, 4) is 17.6 Å². The van der Waals surface area contributed by atoms with Crippen LogP contribution in [0.3, 0.4) is 0 Å². The predicted octanol–water partition coefficient (Wildman–Crippen LogP) is 4.19. The molecule has 0 saturated carbocycles. The van der Waals surface area contributed by atoms with Gasteiger partial charge in [0.2, 0.25) is 0 Å². The molecule has 2 N–H and O–H groups in total. The molecule has 0 unspecified atom stereocenters. The van der Waals surface area contributed by atoms with Gasteiger partial charge in [0.25, 0.3) is 5.56 Å². The number of nitrogens with zero attached hydrogens (tertiary/aromatic N) is 2. The third kappa shape index (κ3) is 3.63. The van der Waals surface area contributed by atoms with Gasteiger partial charge in [-0.05, 0) is 42.3 Å². The molecule has 0 amide bonds. The van der Waals surface area contributed by atoms with Gasteiger partial charge in [-0.2, -0.15) is 5.26 Å². The summed E-state index contributed by atoms with van der Waals surface area (Å²) in [7, 11) is 0. The number of hydrogen-bond acceptors (Lipinski definition) is 6. The number of aromatic nitrogens is 2. The van der Waals surface area contributed by atoms with Gasteiger partial charge < -0.3 is 14.4 Å². The Labute approximate surface area is 153 Å². The van der Waals surface area contributed by atoms with Gasteiger partial charge >= 0.3 is 0 Å². The van der Waals surface area contributed by atoms with Crippen molar-refractivity contribution in [2.24, 2.45) is 0 Å². The van der Waals surface area contributed by atoms with Crippen LogP contribution in [0, 0.1) is 17.1 Å². The van der Waals surface area contributed by atoms with Gasteiger partial charge in [-0.25, -0.2) is 9.37 Å². The summed E-state index contributed by atoms with van der Waals surface area (Å²) in [6.45, 7) is 3.98. The fourth-order valence-corrected chi connectivity index (χ4v) is 2.80. The minimum atomic E-state index is -0.665. The summed E-state index contributed by atoms with van der Waals surface area (Å²) in [5, 5.41) is 10.1. The van der Waals surface area contributed by atoms with Crippen molar-refractivity contribution in [2.75, 3.05) is 4.72 Å². The standard InChI is InChI=1S/C18H15FN4O2S/c1-10(2)26-23-16-6-4-14(19)17(13(16)8-20)25-11-3-5-15-12(7-11)18(24)22-9-21-15/h3-7,9-10,23H,1-2H3,(H,21,22,24). The first-order chi connectivity index (χ1) is 12.5. The molecule has 0 aliphatic heterocycles. The van der Waals surface area contributed by atoms with Crippen molar-refractivity contribution in [1.29, 1.82) is 5.26 Å². The second kappa shape index (κ2) is 7.45. The zero-order valence-electron chi connectivity index (χ0n) is 14.0. The second-order valence-corrected chi connectivity index (χ2v) is 7.07. The van der Waals surface area contributed by atoms with E-state index in [1.165, 1.54) is 36.5 Å². The lowest BCUT2D eigenvalue weighted by Crippen LogP contribution is -2.06. The van der Waals surface area contributed by atoms with E-state index < -0.39 is 5.82 Å². The molecule has 2 aromatic carbocycles. The smallest absolute Gasteiger partial charge is 0.258 e. The van der Waals surface area contributed by atoms with Crippen LogP contribution in [0.5, 0.6) is 11.5 Å². The lowest BCUT2D eigenvalue weighted by molar-refractivity contribution is 0.441. The van der Waals surface area contributed by atoms with E-state index in [-0.39, 0.29) is 27.9 Å². The van der Waals surface area contributed by atoms with Gasteiger partial charge in [0.1, 0.15) is 17.4 Å². The van der Waals surface area contributed by atoms with Gasteiger partial charge in [0.15, 0.2) is 11.6 Å². The van der Waals surface area contributed by atoms with Crippen LogP contribution in [0.4, 0.5) is 10.1 Å². The minimum Gasteiger partial charge on any atom is -0.453 e. The molecule has 0 saturated heterocycles. The maximum Gasteiger partial charge on any atom is 0.258 e. The number of fused-ring (bicyclic) bond motifs is 1. The molecule has 0 spiro atoms. The van der Waals surface area contributed by atoms with E-state index in [1.54, 1.807) is 12.1 Å². The van der Waals surface area contributed by atoms with Crippen molar-refractivity contribution >= 4 is 28.5 Å². The largest absolute Gasteiger partial charge is 0.453 e. The first-order valence-corrected chi connectivity index (χ1v) is 8.67. The molecule has 0 aliphatic carbocycles. The van der Waals surface area contributed by atoms with E-state index in [4.69, 9.17) is 4.74 Å².